The van der Waals surface area contributed by atoms with Gasteiger partial charge in [-0.25, -0.2) is 0 Å². The van der Waals surface area contributed by atoms with Crippen LogP contribution in [-0.2, 0) is 14.3 Å². The normalized spacial score (nSPS) is 25.3. The van der Waals surface area contributed by atoms with E-state index < -0.39 is 5.54 Å². The molecule has 0 bridgehead atoms. The lowest BCUT2D eigenvalue weighted by atomic mass is 10.0. The average Bonchev–Trinajstić information content (AvgIpc) is 2.37. The Morgan fingerprint density at radius 3 is 2.88 bits per heavy atom. The Balaban J connectivity index is 2.58. The lowest BCUT2D eigenvalue weighted by Gasteiger charge is -2.37. The van der Waals surface area contributed by atoms with Crippen LogP contribution in [0.2, 0.25) is 0 Å². The van der Waals surface area contributed by atoms with Crippen LogP contribution >= 0.6 is 0 Å². The van der Waals surface area contributed by atoms with Crippen molar-refractivity contribution in [1.29, 1.82) is 0 Å². The minimum atomic E-state index is -0.648. The maximum Gasteiger partial charge on any atom is 0.327 e. The zero-order valence-corrected chi connectivity index (χ0v) is 11.3. The number of nitrogens with zero attached hydrogens (tertiary/aromatic N) is 1. The SMILES string of the molecule is CCC1CN(CC(C)(NC)C(=O)OC)CCO1. The molecule has 1 aliphatic rings. The van der Waals surface area contributed by atoms with Gasteiger partial charge >= 0.3 is 5.97 Å². The number of methoxy groups -OCH3 is 1. The van der Waals surface area contributed by atoms with Gasteiger partial charge in [-0.1, -0.05) is 6.92 Å². The lowest BCUT2D eigenvalue weighted by molar-refractivity contribution is -0.149. The third kappa shape index (κ3) is 3.66. The van der Waals surface area contributed by atoms with Crippen LogP contribution in [0.5, 0.6) is 0 Å². The van der Waals surface area contributed by atoms with Crippen LogP contribution in [0.1, 0.15) is 20.3 Å². The molecule has 1 aliphatic heterocycles. The van der Waals surface area contributed by atoms with Crippen molar-refractivity contribution in [3.05, 3.63) is 0 Å². The first kappa shape index (κ1) is 14.4. The van der Waals surface area contributed by atoms with Gasteiger partial charge in [0.05, 0.1) is 19.8 Å². The molecule has 5 heteroatoms. The Bertz CT molecular complexity index is 260. The second-order valence-electron chi connectivity index (χ2n) is 4.71. The molecule has 2 unspecified atom stereocenters. The molecule has 100 valence electrons. The first-order valence-electron chi connectivity index (χ1n) is 6.17. The lowest BCUT2D eigenvalue weighted by Crippen LogP contribution is -2.58. The van der Waals surface area contributed by atoms with Crippen molar-refractivity contribution in [3.8, 4) is 0 Å². The van der Waals surface area contributed by atoms with Crippen LogP contribution < -0.4 is 5.32 Å². The fraction of sp³-hybridized carbons (Fsp3) is 0.917. The Kier molecular flexibility index (Phi) is 5.36. The smallest absolute Gasteiger partial charge is 0.327 e. The highest BCUT2D eigenvalue weighted by atomic mass is 16.5. The summed E-state index contributed by atoms with van der Waals surface area (Å²) in [4.78, 5) is 14.0. The number of esters is 1. The van der Waals surface area contributed by atoms with Crippen molar-refractivity contribution in [2.24, 2.45) is 0 Å². The molecule has 2 atom stereocenters. The van der Waals surface area contributed by atoms with Gasteiger partial charge in [0, 0.05) is 19.6 Å². The molecule has 0 radical (unpaired) electrons. The third-order valence-electron chi connectivity index (χ3n) is 3.41. The van der Waals surface area contributed by atoms with E-state index in [1.165, 1.54) is 7.11 Å². The van der Waals surface area contributed by atoms with E-state index in [1.807, 2.05) is 6.92 Å². The molecular formula is C12H24N2O3. The molecule has 0 aromatic carbocycles. The Morgan fingerprint density at radius 1 is 1.65 bits per heavy atom. The van der Waals surface area contributed by atoms with Gasteiger partial charge in [-0.3, -0.25) is 9.69 Å². The fourth-order valence-corrected chi connectivity index (χ4v) is 2.09. The second kappa shape index (κ2) is 6.33. The summed E-state index contributed by atoms with van der Waals surface area (Å²) in [5.74, 6) is -0.223. The van der Waals surface area contributed by atoms with Gasteiger partial charge < -0.3 is 14.8 Å². The topological polar surface area (TPSA) is 50.8 Å². The summed E-state index contributed by atoms with van der Waals surface area (Å²) in [7, 11) is 3.21. The first-order valence-corrected chi connectivity index (χ1v) is 6.17. The summed E-state index contributed by atoms with van der Waals surface area (Å²) in [6.07, 6.45) is 1.29. The van der Waals surface area contributed by atoms with E-state index in [2.05, 4.69) is 17.1 Å². The van der Waals surface area contributed by atoms with E-state index in [4.69, 9.17) is 9.47 Å². The standard InChI is InChI=1S/C12H24N2O3/c1-5-10-8-14(6-7-17-10)9-12(2,13-3)11(15)16-4/h10,13H,5-9H2,1-4H3. The fourth-order valence-electron chi connectivity index (χ4n) is 2.09. The zero-order chi connectivity index (χ0) is 12.9. The van der Waals surface area contributed by atoms with Crippen LogP contribution in [0.4, 0.5) is 0 Å². The monoisotopic (exact) mass is 244 g/mol. The summed E-state index contributed by atoms with van der Waals surface area (Å²) in [5, 5.41) is 3.05. The van der Waals surface area contributed by atoms with Gasteiger partial charge in [-0.2, -0.15) is 0 Å². The Hall–Kier alpha value is -0.650. The molecule has 1 rings (SSSR count). The van der Waals surface area contributed by atoms with E-state index in [-0.39, 0.29) is 12.1 Å². The number of hydrogen-bond donors (Lipinski definition) is 1. The third-order valence-corrected chi connectivity index (χ3v) is 3.41. The van der Waals surface area contributed by atoms with Gasteiger partial charge in [0.25, 0.3) is 0 Å². The largest absolute Gasteiger partial charge is 0.468 e. The molecule has 0 aromatic rings. The van der Waals surface area contributed by atoms with E-state index in [0.717, 1.165) is 26.1 Å². The number of ether oxygens (including phenoxy) is 2. The van der Waals surface area contributed by atoms with Crippen LogP contribution in [0.3, 0.4) is 0 Å². The van der Waals surface area contributed by atoms with E-state index in [9.17, 15) is 4.79 Å². The average molecular weight is 244 g/mol. The van der Waals surface area contributed by atoms with Gasteiger partial charge in [-0.05, 0) is 20.4 Å². The first-order chi connectivity index (χ1) is 8.05. The van der Waals surface area contributed by atoms with Gasteiger partial charge in [-0.15, -0.1) is 0 Å². The number of carbonyl (C=O) groups excluding carboxylic acids is 1. The predicted octanol–water partition coefficient (Wildman–Crippen LogP) is 0.248. The van der Waals surface area contributed by atoms with E-state index >= 15 is 0 Å². The number of hydrogen-bond acceptors (Lipinski definition) is 5. The minimum absolute atomic E-state index is 0.223. The van der Waals surface area contributed by atoms with E-state index in [1.54, 1.807) is 7.05 Å². The van der Waals surface area contributed by atoms with Crippen molar-refractivity contribution in [2.45, 2.75) is 31.9 Å². The number of morpholine rings is 1. The highest BCUT2D eigenvalue weighted by molar-refractivity contribution is 5.80. The van der Waals surface area contributed by atoms with E-state index in [0.29, 0.717) is 6.54 Å². The Labute approximate surface area is 103 Å². The van der Waals surface area contributed by atoms with Crippen LogP contribution in [0.15, 0.2) is 0 Å². The molecule has 0 saturated carbocycles. The molecule has 0 spiro atoms. The van der Waals surface area contributed by atoms with Gasteiger partial charge in [0.1, 0.15) is 5.54 Å². The van der Waals surface area contributed by atoms with Crippen LogP contribution in [0.25, 0.3) is 0 Å². The molecule has 1 saturated heterocycles. The zero-order valence-electron chi connectivity index (χ0n) is 11.3. The van der Waals surface area contributed by atoms with Crippen molar-refractivity contribution in [3.63, 3.8) is 0 Å². The summed E-state index contributed by atoms with van der Waals surface area (Å²) in [5.41, 5.74) is -0.648. The summed E-state index contributed by atoms with van der Waals surface area (Å²) in [6, 6.07) is 0. The maximum atomic E-state index is 11.7. The van der Waals surface area contributed by atoms with Gasteiger partial charge in [0.15, 0.2) is 0 Å². The highest BCUT2D eigenvalue weighted by Gasteiger charge is 2.35. The summed E-state index contributed by atoms with van der Waals surface area (Å²) in [6.45, 7) is 7.12. The number of likely N-dealkylation sites (N-methyl/N-ethyl adjacent to an activating group) is 1. The maximum absolute atomic E-state index is 11.7. The van der Waals surface area contributed by atoms with Crippen LogP contribution in [0, 0.1) is 0 Å². The number of nitrogens with one attached hydrogen (secondary N) is 1. The Morgan fingerprint density at radius 2 is 2.35 bits per heavy atom. The molecule has 0 amide bonds. The summed E-state index contributed by atoms with van der Waals surface area (Å²) >= 11 is 0. The van der Waals surface area contributed by atoms with Crippen LogP contribution in [-0.4, -0.2) is 62.9 Å². The number of rotatable bonds is 5. The highest BCUT2D eigenvalue weighted by Crippen LogP contribution is 2.14. The van der Waals surface area contributed by atoms with Gasteiger partial charge in [0.2, 0.25) is 0 Å². The molecule has 0 aromatic heterocycles. The molecule has 1 heterocycles. The molecule has 1 N–H and O–H groups in total. The number of carbonyl (C=O) groups is 1. The van der Waals surface area contributed by atoms with Crippen molar-refractivity contribution < 1.29 is 14.3 Å². The second-order valence-corrected chi connectivity index (χ2v) is 4.71. The molecule has 1 fully saturated rings. The quantitative estimate of drug-likeness (QED) is 0.703. The molecule has 17 heavy (non-hydrogen) atoms. The molecule has 0 aliphatic carbocycles. The predicted molar refractivity (Wildman–Crippen MR) is 66.0 cm³/mol. The van der Waals surface area contributed by atoms with Crippen molar-refractivity contribution in [1.82, 2.24) is 10.2 Å². The van der Waals surface area contributed by atoms with Crippen molar-refractivity contribution in [2.75, 3.05) is 40.4 Å². The van der Waals surface area contributed by atoms with Crippen molar-refractivity contribution >= 4 is 5.97 Å². The molecular weight excluding hydrogens is 220 g/mol. The molecule has 5 nitrogen and oxygen atoms in total. The minimum Gasteiger partial charge on any atom is -0.468 e. The summed E-state index contributed by atoms with van der Waals surface area (Å²) < 4.78 is 10.5.